The third-order valence-corrected chi connectivity index (χ3v) is 5.21. The van der Waals surface area contributed by atoms with Gasteiger partial charge in [-0.3, -0.25) is 4.79 Å². The zero-order valence-corrected chi connectivity index (χ0v) is 17.8. The summed E-state index contributed by atoms with van der Waals surface area (Å²) in [5.74, 6) is -2.92. The van der Waals surface area contributed by atoms with E-state index in [2.05, 4.69) is 5.32 Å². The van der Waals surface area contributed by atoms with Crippen molar-refractivity contribution < 1.29 is 28.2 Å². The second kappa shape index (κ2) is 9.99. The van der Waals surface area contributed by atoms with Gasteiger partial charge < -0.3 is 14.8 Å². The van der Waals surface area contributed by atoms with Gasteiger partial charge in [0.25, 0.3) is 5.91 Å². The molecule has 0 aliphatic heterocycles. The van der Waals surface area contributed by atoms with Crippen molar-refractivity contribution in [3.8, 4) is 11.1 Å². The van der Waals surface area contributed by atoms with E-state index in [1.165, 1.54) is 18.2 Å². The van der Waals surface area contributed by atoms with E-state index < -0.39 is 30.3 Å². The molecule has 0 spiro atoms. The van der Waals surface area contributed by atoms with Gasteiger partial charge in [0.05, 0.1) is 12.2 Å². The highest BCUT2D eigenvalue weighted by Crippen LogP contribution is 2.36. The van der Waals surface area contributed by atoms with Crippen molar-refractivity contribution in [3.63, 3.8) is 0 Å². The van der Waals surface area contributed by atoms with Crippen molar-refractivity contribution in [1.82, 2.24) is 0 Å². The van der Waals surface area contributed by atoms with Crippen molar-refractivity contribution in [3.05, 3.63) is 76.4 Å². The van der Waals surface area contributed by atoms with E-state index in [0.29, 0.717) is 5.56 Å². The average Bonchev–Trinajstić information content (AvgIpc) is 3.16. The minimum absolute atomic E-state index is 0.176. The summed E-state index contributed by atoms with van der Waals surface area (Å²) in [6.45, 7) is 3.19. The molecule has 31 heavy (non-hydrogen) atoms. The van der Waals surface area contributed by atoms with Crippen LogP contribution in [-0.4, -0.2) is 31.1 Å². The number of hydrogen-bond acceptors (Lipinski definition) is 6. The number of rotatable bonds is 7. The van der Waals surface area contributed by atoms with Crippen LogP contribution in [0.25, 0.3) is 11.1 Å². The molecule has 0 saturated heterocycles. The number of ether oxygens (including phenoxy) is 2. The Hall–Kier alpha value is -3.52. The first-order chi connectivity index (χ1) is 14.9. The van der Waals surface area contributed by atoms with E-state index in [1.807, 2.05) is 31.2 Å². The maximum Gasteiger partial charge on any atom is 0.341 e. The Kier molecular flexibility index (Phi) is 7.15. The highest BCUT2D eigenvalue weighted by molar-refractivity contribution is 7.15. The molecule has 3 aromatic rings. The summed E-state index contributed by atoms with van der Waals surface area (Å²) in [6, 6.07) is 12.9. The summed E-state index contributed by atoms with van der Waals surface area (Å²) < 4.78 is 23.7. The third-order valence-electron chi connectivity index (χ3n) is 4.31. The summed E-state index contributed by atoms with van der Waals surface area (Å²) in [4.78, 5) is 36.9. The third kappa shape index (κ3) is 5.35. The van der Waals surface area contributed by atoms with Crippen LogP contribution in [0.15, 0.2) is 53.9 Å². The van der Waals surface area contributed by atoms with E-state index in [9.17, 15) is 18.8 Å². The number of aryl methyl sites for hydroxylation is 1. The lowest BCUT2D eigenvalue weighted by molar-refractivity contribution is -0.119. The first-order valence-electron chi connectivity index (χ1n) is 9.47. The Morgan fingerprint density at radius 3 is 2.39 bits per heavy atom. The molecule has 3 rings (SSSR count). The van der Waals surface area contributed by atoms with Gasteiger partial charge in [0.1, 0.15) is 16.4 Å². The standard InChI is InChI=1S/C23H20FNO5S/c1-3-29-23(28)20-17(15-10-8-14(2)9-11-15)13-31-21(20)25-19(26)12-30-22(27)16-6-4-5-7-18(16)24/h4-11,13H,3,12H2,1-2H3,(H,25,26). The molecule has 0 saturated carbocycles. The van der Waals surface area contributed by atoms with Gasteiger partial charge in [-0.1, -0.05) is 42.0 Å². The molecular weight excluding hydrogens is 421 g/mol. The number of benzene rings is 2. The van der Waals surface area contributed by atoms with Crippen LogP contribution in [0.3, 0.4) is 0 Å². The lowest BCUT2D eigenvalue weighted by atomic mass is 10.0. The Morgan fingerprint density at radius 2 is 1.71 bits per heavy atom. The fourth-order valence-electron chi connectivity index (χ4n) is 2.80. The van der Waals surface area contributed by atoms with E-state index in [4.69, 9.17) is 9.47 Å². The molecule has 1 aromatic heterocycles. The Labute approximate surface area is 182 Å². The molecule has 1 N–H and O–H groups in total. The van der Waals surface area contributed by atoms with Gasteiger partial charge >= 0.3 is 11.9 Å². The van der Waals surface area contributed by atoms with E-state index >= 15 is 0 Å². The number of amides is 1. The molecule has 0 radical (unpaired) electrons. The van der Waals surface area contributed by atoms with Crippen LogP contribution >= 0.6 is 11.3 Å². The van der Waals surface area contributed by atoms with E-state index in [-0.39, 0.29) is 22.7 Å². The predicted molar refractivity (Wildman–Crippen MR) is 116 cm³/mol. The molecule has 0 unspecified atom stereocenters. The largest absolute Gasteiger partial charge is 0.462 e. The van der Waals surface area contributed by atoms with Crippen molar-refractivity contribution in [2.45, 2.75) is 13.8 Å². The number of hydrogen-bond donors (Lipinski definition) is 1. The van der Waals surface area contributed by atoms with Gasteiger partial charge in [-0.2, -0.15) is 0 Å². The predicted octanol–water partition coefficient (Wildman–Crippen LogP) is 4.83. The van der Waals surface area contributed by atoms with Crippen LogP contribution in [0, 0.1) is 12.7 Å². The fourth-order valence-corrected chi connectivity index (χ4v) is 3.77. The molecule has 0 atom stereocenters. The van der Waals surface area contributed by atoms with Gasteiger partial charge in [-0.05, 0) is 31.5 Å². The summed E-state index contributed by atoms with van der Waals surface area (Å²) in [5.41, 5.74) is 2.46. The summed E-state index contributed by atoms with van der Waals surface area (Å²) in [7, 11) is 0. The monoisotopic (exact) mass is 441 g/mol. The molecule has 1 heterocycles. The number of anilines is 1. The Bertz CT molecular complexity index is 1110. The van der Waals surface area contributed by atoms with Gasteiger partial charge in [0.15, 0.2) is 6.61 Å². The normalized spacial score (nSPS) is 10.4. The number of thiophene rings is 1. The Balaban J connectivity index is 1.76. The number of halogens is 1. The topological polar surface area (TPSA) is 81.7 Å². The smallest absolute Gasteiger partial charge is 0.341 e. The minimum Gasteiger partial charge on any atom is -0.462 e. The molecule has 1 amide bonds. The molecule has 8 heteroatoms. The maximum absolute atomic E-state index is 13.7. The second-order valence-corrected chi connectivity index (χ2v) is 7.42. The number of carbonyl (C=O) groups excluding carboxylic acids is 3. The van der Waals surface area contributed by atoms with Crippen LogP contribution in [0.2, 0.25) is 0 Å². The van der Waals surface area contributed by atoms with Crippen molar-refractivity contribution >= 4 is 34.2 Å². The van der Waals surface area contributed by atoms with Crippen molar-refractivity contribution in [1.29, 1.82) is 0 Å². The Morgan fingerprint density at radius 1 is 1.00 bits per heavy atom. The first-order valence-corrected chi connectivity index (χ1v) is 10.4. The zero-order chi connectivity index (χ0) is 22.4. The van der Waals surface area contributed by atoms with Crippen molar-refractivity contribution in [2.24, 2.45) is 0 Å². The number of esters is 2. The van der Waals surface area contributed by atoms with Crippen LogP contribution < -0.4 is 5.32 Å². The van der Waals surface area contributed by atoms with Gasteiger partial charge in [-0.15, -0.1) is 11.3 Å². The molecule has 6 nitrogen and oxygen atoms in total. The van der Waals surface area contributed by atoms with E-state index in [1.54, 1.807) is 12.3 Å². The quantitative estimate of drug-likeness (QED) is 0.531. The molecule has 0 bridgehead atoms. The molecular formula is C23H20FNO5S. The first kappa shape index (κ1) is 22.2. The minimum atomic E-state index is -0.953. The number of carbonyl (C=O) groups is 3. The van der Waals surface area contributed by atoms with Crippen LogP contribution in [0.5, 0.6) is 0 Å². The van der Waals surface area contributed by atoms with Gasteiger partial charge in [0.2, 0.25) is 0 Å². The van der Waals surface area contributed by atoms with Crippen LogP contribution in [0.1, 0.15) is 33.2 Å². The highest BCUT2D eigenvalue weighted by atomic mass is 32.1. The van der Waals surface area contributed by atoms with Crippen LogP contribution in [-0.2, 0) is 14.3 Å². The summed E-state index contributed by atoms with van der Waals surface area (Å²) in [6.07, 6.45) is 0. The molecule has 0 aliphatic carbocycles. The lowest BCUT2D eigenvalue weighted by Gasteiger charge is -2.09. The van der Waals surface area contributed by atoms with Crippen LogP contribution in [0.4, 0.5) is 9.39 Å². The van der Waals surface area contributed by atoms with Gasteiger partial charge in [0, 0.05) is 10.9 Å². The van der Waals surface area contributed by atoms with Crippen molar-refractivity contribution in [2.75, 3.05) is 18.5 Å². The lowest BCUT2D eigenvalue weighted by Crippen LogP contribution is -2.22. The summed E-state index contributed by atoms with van der Waals surface area (Å²) in [5, 5.41) is 4.61. The molecule has 2 aromatic carbocycles. The number of nitrogens with one attached hydrogen (secondary N) is 1. The SMILES string of the molecule is CCOC(=O)c1c(-c2ccc(C)cc2)csc1NC(=O)COC(=O)c1ccccc1F. The molecule has 0 fully saturated rings. The highest BCUT2D eigenvalue weighted by Gasteiger charge is 2.23. The second-order valence-electron chi connectivity index (χ2n) is 6.54. The maximum atomic E-state index is 13.7. The molecule has 0 aliphatic rings. The zero-order valence-electron chi connectivity index (χ0n) is 16.9. The van der Waals surface area contributed by atoms with Gasteiger partial charge in [-0.25, -0.2) is 14.0 Å². The molecule has 160 valence electrons. The summed E-state index contributed by atoms with van der Waals surface area (Å²) >= 11 is 1.16. The average molecular weight is 441 g/mol. The fraction of sp³-hybridized carbons (Fsp3) is 0.174. The van der Waals surface area contributed by atoms with E-state index in [0.717, 1.165) is 28.5 Å².